The number of carbonyl (C=O) groups is 1. The predicted octanol–water partition coefficient (Wildman–Crippen LogP) is 3.73. The standard InChI is InChI=1S/C21H22N2O7/c1-12-8-15(13(2)29-12)21-23-22-18(30-21)11-28-19(24)7-6-14-9-16(25-3)20(27-5)17(10-14)26-4/h6-10H,11H2,1-5H3/b7-6+. The van der Waals surface area contributed by atoms with E-state index in [0.717, 1.165) is 5.76 Å². The first-order valence-electron chi connectivity index (χ1n) is 8.99. The minimum absolute atomic E-state index is 0.151. The SMILES string of the molecule is COc1cc(/C=C/C(=O)OCc2nnc(-c3cc(C)oc3C)o2)cc(OC)c1OC. The molecule has 0 unspecified atom stereocenters. The minimum Gasteiger partial charge on any atom is -0.493 e. The van der Waals surface area contributed by atoms with Gasteiger partial charge in [-0.1, -0.05) is 0 Å². The molecule has 0 atom stereocenters. The van der Waals surface area contributed by atoms with Crippen LogP contribution in [-0.4, -0.2) is 37.5 Å². The van der Waals surface area contributed by atoms with Gasteiger partial charge in [-0.15, -0.1) is 10.2 Å². The number of rotatable bonds is 8. The molecule has 0 spiro atoms. The van der Waals surface area contributed by atoms with E-state index in [4.69, 9.17) is 27.8 Å². The van der Waals surface area contributed by atoms with Crippen molar-refractivity contribution in [2.45, 2.75) is 20.5 Å². The fourth-order valence-corrected chi connectivity index (χ4v) is 2.81. The molecule has 0 aliphatic rings. The normalized spacial score (nSPS) is 11.0. The summed E-state index contributed by atoms with van der Waals surface area (Å²) in [6.07, 6.45) is 2.85. The molecule has 1 aromatic carbocycles. The Morgan fingerprint density at radius 3 is 2.27 bits per heavy atom. The van der Waals surface area contributed by atoms with Gasteiger partial charge >= 0.3 is 5.97 Å². The maximum Gasteiger partial charge on any atom is 0.331 e. The van der Waals surface area contributed by atoms with Gasteiger partial charge in [0.05, 0.1) is 26.9 Å². The monoisotopic (exact) mass is 414 g/mol. The molecule has 0 bridgehead atoms. The lowest BCUT2D eigenvalue weighted by atomic mass is 10.1. The van der Waals surface area contributed by atoms with Gasteiger partial charge in [-0.3, -0.25) is 0 Å². The van der Waals surface area contributed by atoms with Gasteiger partial charge in [-0.05, 0) is 43.7 Å². The second kappa shape index (κ2) is 9.17. The Hall–Kier alpha value is -3.75. The van der Waals surface area contributed by atoms with Gasteiger partial charge in [0, 0.05) is 6.08 Å². The van der Waals surface area contributed by atoms with Gasteiger partial charge in [0.1, 0.15) is 11.5 Å². The van der Waals surface area contributed by atoms with Crippen LogP contribution in [0.2, 0.25) is 0 Å². The summed E-state index contributed by atoms with van der Waals surface area (Å²) in [4.78, 5) is 12.1. The van der Waals surface area contributed by atoms with Crippen molar-refractivity contribution in [3.63, 3.8) is 0 Å². The van der Waals surface area contributed by atoms with Crippen molar-refractivity contribution >= 4 is 12.0 Å². The van der Waals surface area contributed by atoms with Crippen LogP contribution in [0, 0.1) is 13.8 Å². The Balaban J connectivity index is 1.64. The van der Waals surface area contributed by atoms with E-state index in [0.29, 0.717) is 40.0 Å². The zero-order chi connectivity index (χ0) is 21.7. The third-order valence-electron chi connectivity index (χ3n) is 4.18. The summed E-state index contributed by atoms with van der Waals surface area (Å²) in [5.41, 5.74) is 1.38. The molecule has 9 nitrogen and oxygen atoms in total. The smallest absolute Gasteiger partial charge is 0.331 e. The Morgan fingerprint density at radius 1 is 1.00 bits per heavy atom. The molecule has 0 fully saturated rings. The third-order valence-corrected chi connectivity index (χ3v) is 4.18. The number of hydrogen-bond acceptors (Lipinski definition) is 9. The highest BCUT2D eigenvalue weighted by Gasteiger charge is 2.15. The Morgan fingerprint density at radius 2 is 1.70 bits per heavy atom. The minimum atomic E-state index is -0.571. The van der Waals surface area contributed by atoms with Gasteiger partial charge in [0.15, 0.2) is 18.1 Å². The highest BCUT2D eigenvalue weighted by molar-refractivity contribution is 5.87. The first kappa shape index (κ1) is 21.0. The Bertz CT molecular complexity index is 1040. The van der Waals surface area contributed by atoms with Crippen molar-refractivity contribution in [2.75, 3.05) is 21.3 Å². The number of ether oxygens (including phenoxy) is 4. The molecule has 0 radical (unpaired) electrons. The number of hydrogen-bond donors (Lipinski definition) is 0. The largest absolute Gasteiger partial charge is 0.493 e. The molecule has 3 aromatic rings. The second-order valence-corrected chi connectivity index (χ2v) is 6.23. The van der Waals surface area contributed by atoms with Crippen molar-refractivity contribution in [2.24, 2.45) is 0 Å². The van der Waals surface area contributed by atoms with Gasteiger partial charge in [0.25, 0.3) is 11.8 Å². The number of methoxy groups -OCH3 is 3. The van der Waals surface area contributed by atoms with E-state index >= 15 is 0 Å². The molecule has 158 valence electrons. The van der Waals surface area contributed by atoms with E-state index in [2.05, 4.69) is 10.2 Å². The molecule has 30 heavy (non-hydrogen) atoms. The van der Waals surface area contributed by atoms with E-state index in [-0.39, 0.29) is 12.5 Å². The molecule has 0 amide bonds. The number of benzene rings is 1. The zero-order valence-electron chi connectivity index (χ0n) is 17.3. The fourth-order valence-electron chi connectivity index (χ4n) is 2.81. The first-order valence-corrected chi connectivity index (χ1v) is 8.99. The number of carbonyl (C=O) groups excluding carboxylic acids is 1. The van der Waals surface area contributed by atoms with Crippen LogP contribution in [0.4, 0.5) is 0 Å². The summed E-state index contributed by atoms with van der Waals surface area (Å²) >= 11 is 0. The molecule has 2 aromatic heterocycles. The van der Waals surface area contributed by atoms with E-state index < -0.39 is 5.97 Å². The molecule has 0 aliphatic carbocycles. The molecule has 3 rings (SSSR count). The molecule has 9 heteroatoms. The van der Waals surface area contributed by atoms with E-state index in [9.17, 15) is 4.79 Å². The van der Waals surface area contributed by atoms with Crippen molar-refractivity contribution in [3.8, 4) is 28.7 Å². The van der Waals surface area contributed by atoms with Crippen LogP contribution in [0.25, 0.3) is 17.5 Å². The molecule has 0 N–H and O–H groups in total. The quantitative estimate of drug-likeness (QED) is 0.402. The summed E-state index contributed by atoms with van der Waals surface area (Å²) in [5.74, 6) is 2.76. The molecule has 2 heterocycles. The highest BCUT2D eigenvalue weighted by atomic mass is 16.5. The van der Waals surface area contributed by atoms with Gasteiger partial charge < -0.3 is 27.8 Å². The Kier molecular flexibility index (Phi) is 6.41. The number of nitrogens with zero attached hydrogens (tertiary/aromatic N) is 2. The summed E-state index contributed by atoms with van der Waals surface area (Å²) in [6, 6.07) is 5.23. The number of aromatic nitrogens is 2. The van der Waals surface area contributed by atoms with Gasteiger partial charge in [0.2, 0.25) is 5.75 Å². The first-order chi connectivity index (χ1) is 14.4. The molecule has 0 saturated heterocycles. The van der Waals surface area contributed by atoms with Crippen LogP contribution >= 0.6 is 0 Å². The summed E-state index contributed by atoms with van der Waals surface area (Å²) in [5, 5.41) is 7.85. The lowest BCUT2D eigenvalue weighted by Crippen LogP contribution is -2.01. The van der Waals surface area contributed by atoms with Crippen molar-refractivity contribution < 1.29 is 32.6 Å². The average molecular weight is 414 g/mol. The molecule has 0 aliphatic heterocycles. The van der Waals surface area contributed by atoms with Crippen LogP contribution in [-0.2, 0) is 16.1 Å². The van der Waals surface area contributed by atoms with Crippen LogP contribution in [0.1, 0.15) is 23.0 Å². The lowest BCUT2D eigenvalue weighted by molar-refractivity contribution is -0.139. The van der Waals surface area contributed by atoms with Crippen molar-refractivity contribution in [1.82, 2.24) is 10.2 Å². The number of furan rings is 1. The number of esters is 1. The van der Waals surface area contributed by atoms with Crippen molar-refractivity contribution in [1.29, 1.82) is 0 Å². The zero-order valence-corrected chi connectivity index (χ0v) is 17.3. The lowest BCUT2D eigenvalue weighted by Gasteiger charge is -2.12. The molecular formula is C21H22N2O7. The van der Waals surface area contributed by atoms with Gasteiger partial charge in [-0.2, -0.15) is 0 Å². The third kappa shape index (κ3) is 4.62. The summed E-state index contributed by atoms with van der Waals surface area (Å²) in [7, 11) is 4.55. The topological polar surface area (TPSA) is 106 Å². The van der Waals surface area contributed by atoms with Crippen LogP contribution in [0.5, 0.6) is 17.2 Å². The average Bonchev–Trinajstić information content (AvgIpc) is 3.35. The molecular weight excluding hydrogens is 392 g/mol. The second-order valence-electron chi connectivity index (χ2n) is 6.23. The van der Waals surface area contributed by atoms with Gasteiger partial charge in [-0.25, -0.2) is 4.79 Å². The summed E-state index contributed by atoms with van der Waals surface area (Å²) < 4.78 is 32.0. The molecule has 0 saturated carbocycles. The van der Waals surface area contributed by atoms with Crippen molar-refractivity contribution in [3.05, 3.63) is 47.2 Å². The van der Waals surface area contributed by atoms with Crippen LogP contribution in [0.3, 0.4) is 0 Å². The van der Waals surface area contributed by atoms with E-state index in [1.54, 1.807) is 31.2 Å². The maximum absolute atomic E-state index is 12.1. The van der Waals surface area contributed by atoms with E-state index in [1.807, 2.05) is 6.92 Å². The maximum atomic E-state index is 12.1. The fraction of sp³-hybridized carbons (Fsp3) is 0.286. The Labute approximate surface area is 173 Å². The summed E-state index contributed by atoms with van der Waals surface area (Å²) in [6.45, 7) is 3.48. The van der Waals surface area contributed by atoms with Crippen LogP contribution < -0.4 is 14.2 Å². The van der Waals surface area contributed by atoms with E-state index in [1.165, 1.54) is 27.4 Å². The highest BCUT2D eigenvalue weighted by Crippen LogP contribution is 2.38. The van der Waals surface area contributed by atoms with Crippen LogP contribution in [0.15, 0.2) is 33.1 Å². The predicted molar refractivity (Wildman–Crippen MR) is 106 cm³/mol. The number of aryl methyl sites for hydroxylation is 2.